The Hall–Kier alpha value is -2.31. The van der Waals surface area contributed by atoms with Gasteiger partial charge < -0.3 is 9.26 Å². The van der Waals surface area contributed by atoms with Gasteiger partial charge in [-0.3, -0.25) is 9.78 Å². The van der Waals surface area contributed by atoms with Gasteiger partial charge >= 0.3 is 5.97 Å². The molecule has 2 rings (SSSR count). The molecule has 1 atom stereocenters. The lowest BCUT2D eigenvalue weighted by atomic mass is 10.2. The SMILES string of the molecule is CCOC(=O)C(C)c1nc(-c2cnccn2)no1. The number of aromatic nitrogens is 4. The maximum absolute atomic E-state index is 11.5. The Bertz CT molecular complexity index is 526. The second-order valence-corrected chi connectivity index (χ2v) is 3.52. The van der Waals surface area contributed by atoms with Crippen molar-refractivity contribution in [1.29, 1.82) is 0 Å². The third kappa shape index (κ3) is 2.50. The number of nitrogens with zero attached hydrogens (tertiary/aromatic N) is 4. The molecule has 2 heterocycles. The Balaban J connectivity index is 2.18. The van der Waals surface area contributed by atoms with E-state index in [1.165, 1.54) is 12.4 Å². The van der Waals surface area contributed by atoms with E-state index in [1.54, 1.807) is 20.0 Å². The second kappa shape index (κ2) is 5.35. The number of hydrogen-bond donors (Lipinski definition) is 0. The largest absolute Gasteiger partial charge is 0.465 e. The normalized spacial score (nSPS) is 12.1. The van der Waals surface area contributed by atoms with E-state index >= 15 is 0 Å². The molecule has 18 heavy (non-hydrogen) atoms. The highest BCUT2D eigenvalue weighted by molar-refractivity contribution is 5.76. The van der Waals surface area contributed by atoms with Crippen LogP contribution in [0.3, 0.4) is 0 Å². The molecule has 0 amide bonds. The molecule has 0 radical (unpaired) electrons. The number of carbonyl (C=O) groups is 1. The van der Waals surface area contributed by atoms with Crippen molar-refractivity contribution in [3.05, 3.63) is 24.5 Å². The van der Waals surface area contributed by atoms with E-state index in [-0.39, 0.29) is 5.89 Å². The van der Waals surface area contributed by atoms with Crippen molar-refractivity contribution >= 4 is 5.97 Å². The Labute approximate surface area is 103 Å². The summed E-state index contributed by atoms with van der Waals surface area (Å²) in [6.45, 7) is 3.70. The summed E-state index contributed by atoms with van der Waals surface area (Å²) in [5.41, 5.74) is 0.489. The average Bonchev–Trinajstić information content (AvgIpc) is 2.89. The Morgan fingerprint density at radius 3 is 3.00 bits per heavy atom. The minimum Gasteiger partial charge on any atom is -0.465 e. The smallest absolute Gasteiger partial charge is 0.318 e. The van der Waals surface area contributed by atoms with Crippen LogP contribution < -0.4 is 0 Å². The summed E-state index contributed by atoms with van der Waals surface area (Å²) in [7, 11) is 0. The highest BCUT2D eigenvalue weighted by Gasteiger charge is 2.23. The molecule has 0 saturated carbocycles. The maximum Gasteiger partial charge on any atom is 0.318 e. The molecule has 94 valence electrons. The van der Waals surface area contributed by atoms with Crippen molar-refractivity contribution < 1.29 is 14.1 Å². The average molecular weight is 248 g/mol. The van der Waals surface area contributed by atoms with Gasteiger partial charge in [0.05, 0.1) is 12.8 Å². The van der Waals surface area contributed by atoms with E-state index in [0.29, 0.717) is 18.1 Å². The van der Waals surface area contributed by atoms with Crippen molar-refractivity contribution in [1.82, 2.24) is 20.1 Å². The third-order valence-electron chi connectivity index (χ3n) is 2.24. The zero-order valence-corrected chi connectivity index (χ0v) is 10.0. The molecule has 7 nitrogen and oxygen atoms in total. The maximum atomic E-state index is 11.5. The number of hydrogen-bond acceptors (Lipinski definition) is 7. The molecule has 0 spiro atoms. The van der Waals surface area contributed by atoms with Gasteiger partial charge in [-0.1, -0.05) is 5.16 Å². The van der Waals surface area contributed by atoms with Gasteiger partial charge in [0.1, 0.15) is 11.6 Å². The number of esters is 1. The van der Waals surface area contributed by atoms with Gasteiger partial charge in [0.2, 0.25) is 11.7 Å². The predicted octanol–water partition coefficient (Wildman–Crippen LogP) is 1.19. The zero-order valence-electron chi connectivity index (χ0n) is 10.0. The van der Waals surface area contributed by atoms with E-state index < -0.39 is 11.9 Å². The second-order valence-electron chi connectivity index (χ2n) is 3.52. The topological polar surface area (TPSA) is 91.0 Å². The fourth-order valence-corrected chi connectivity index (χ4v) is 1.30. The van der Waals surface area contributed by atoms with Crippen LogP contribution in [0.15, 0.2) is 23.1 Å². The highest BCUT2D eigenvalue weighted by atomic mass is 16.5. The monoisotopic (exact) mass is 248 g/mol. The van der Waals surface area contributed by atoms with Crippen molar-refractivity contribution in [3.8, 4) is 11.5 Å². The standard InChI is InChI=1S/C11H12N4O3/c1-3-17-11(16)7(2)10-14-9(15-18-10)8-6-12-4-5-13-8/h4-7H,3H2,1-2H3. The first-order chi connectivity index (χ1) is 8.72. The summed E-state index contributed by atoms with van der Waals surface area (Å²) in [5.74, 6) is -0.488. The van der Waals surface area contributed by atoms with Gasteiger partial charge in [-0.05, 0) is 13.8 Å². The van der Waals surface area contributed by atoms with Crippen LogP contribution in [0.5, 0.6) is 0 Å². The van der Waals surface area contributed by atoms with E-state index in [4.69, 9.17) is 9.26 Å². The van der Waals surface area contributed by atoms with Crippen LogP contribution in [0, 0.1) is 0 Å². The van der Waals surface area contributed by atoms with Gasteiger partial charge in [0.25, 0.3) is 0 Å². The third-order valence-corrected chi connectivity index (χ3v) is 2.24. The molecule has 0 bridgehead atoms. The quantitative estimate of drug-likeness (QED) is 0.750. The molecule has 0 aliphatic heterocycles. The van der Waals surface area contributed by atoms with Gasteiger partial charge in [-0.15, -0.1) is 0 Å². The first-order valence-electron chi connectivity index (χ1n) is 5.49. The summed E-state index contributed by atoms with van der Waals surface area (Å²) < 4.78 is 9.90. The van der Waals surface area contributed by atoms with Crippen LogP contribution in [0.1, 0.15) is 25.7 Å². The Kier molecular flexibility index (Phi) is 3.61. The van der Waals surface area contributed by atoms with Crippen molar-refractivity contribution in [3.63, 3.8) is 0 Å². The van der Waals surface area contributed by atoms with Gasteiger partial charge in [-0.2, -0.15) is 4.98 Å². The lowest BCUT2D eigenvalue weighted by Crippen LogP contribution is -2.13. The fourth-order valence-electron chi connectivity index (χ4n) is 1.30. The van der Waals surface area contributed by atoms with E-state index in [1.807, 2.05) is 0 Å². The van der Waals surface area contributed by atoms with Crippen LogP contribution in [-0.2, 0) is 9.53 Å². The molecule has 2 aromatic heterocycles. The van der Waals surface area contributed by atoms with Crippen LogP contribution in [0.25, 0.3) is 11.5 Å². The van der Waals surface area contributed by atoms with Crippen LogP contribution in [0.2, 0.25) is 0 Å². The first kappa shape index (κ1) is 12.2. The first-order valence-corrected chi connectivity index (χ1v) is 5.49. The molecule has 2 aromatic rings. The van der Waals surface area contributed by atoms with Gasteiger partial charge in [-0.25, -0.2) is 4.98 Å². The predicted molar refractivity (Wildman–Crippen MR) is 60.4 cm³/mol. The molecule has 7 heteroatoms. The molecule has 0 saturated heterocycles. The number of rotatable bonds is 4. The molecule has 0 fully saturated rings. The van der Waals surface area contributed by atoms with Crippen LogP contribution >= 0.6 is 0 Å². The summed E-state index contributed by atoms with van der Waals surface area (Å²) in [5, 5.41) is 3.75. The molecular formula is C11H12N4O3. The van der Waals surface area contributed by atoms with Gasteiger partial charge in [0, 0.05) is 12.4 Å². The lowest BCUT2D eigenvalue weighted by Gasteiger charge is -2.04. The molecule has 0 aliphatic carbocycles. The lowest BCUT2D eigenvalue weighted by molar-refractivity contribution is -0.145. The molecule has 0 aromatic carbocycles. The number of carbonyl (C=O) groups excluding carboxylic acids is 1. The summed E-state index contributed by atoms with van der Waals surface area (Å²) in [6.07, 6.45) is 4.59. The van der Waals surface area contributed by atoms with Crippen molar-refractivity contribution in [2.45, 2.75) is 19.8 Å². The minimum atomic E-state index is -0.595. The summed E-state index contributed by atoms with van der Waals surface area (Å²) in [4.78, 5) is 23.6. The van der Waals surface area contributed by atoms with Gasteiger partial charge in [0.15, 0.2) is 0 Å². The van der Waals surface area contributed by atoms with Crippen LogP contribution in [-0.4, -0.2) is 32.7 Å². The minimum absolute atomic E-state index is 0.203. The van der Waals surface area contributed by atoms with E-state index in [9.17, 15) is 4.79 Å². The fraction of sp³-hybridized carbons (Fsp3) is 0.364. The molecule has 1 unspecified atom stereocenters. The number of ether oxygens (including phenoxy) is 1. The van der Waals surface area contributed by atoms with E-state index in [2.05, 4.69) is 20.1 Å². The summed E-state index contributed by atoms with van der Waals surface area (Å²) >= 11 is 0. The molecule has 0 N–H and O–H groups in total. The Morgan fingerprint density at radius 1 is 1.50 bits per heavy atom. The van der Waals surface area contributed by atoms with E-state index in [0.717, 1.165) is 0 Å². The zero-order chi connectivity index (χ0) is 13.0. The molecule has 0 aliphatic rings. The molecular weight excluding hydrogens is 236 g/mol. The Morgan fingerprint density at radius 2 is 2.33 bits per heavy atom. The summed E-state index contributed by atoms with van der Waals surface area (Å²) in [6, 6.07) is 0. The van der Waals surface area contributed by atoms with Crippen molar-refractivity contribution in [2.75, 3.05) is 6.61 Å². The highest BCUT2D eigenvalue weighted by Crippen LogP contribution is 2.18. The van der Waals surface area contributed by atoms with Crippen LogP contribution in [0.4, 0.5) is 0 Å². The van der Waals surface area contributed by atoms with Crippen molar-refractivity contribution in [2.24, 2.45) is 0 Å².